The van der Waals surface area contributed by atoms with E-state index in [4.69, 9.17) is 15.2 Å². The van der Waals surface area contributed by atoms with E-state index < -0.39 is 0 Å². The van der Waals surface area contributed by atoms with Crippen molar-refractivity contribution >= 4 is 18.3 Å². The molecule has 2 aromatic rings. The topological polar surface area (TPSA) is 73.6 Å². The summed E-state index contributed by atoms with van der Waals surface area (Å²) in [5, 5.41) is 3.02. The molecule has 1 aliphatic carbocycles. The molecule has 0 unspecified atom stereocenters. The third-order valence-corrected chi connectivity index (χ3v) is 4.58. The van der Waals surface area contributed by atoms with Crippen molar-refractivity contribution in [1.82, 2.24) is 5.32 Å². The molecule has 0 aromatic heterocycles. The number of carbonyl (C=O) groups excluding carboxylic acids is 1. The van der Waals surface area contributed by atoms with Crippen LogP contribution in [0.3, 0.4) is 0 Å². The molecule has 0 bridgehead atoms. The molecule has 3 rings (SSSR count). The predicted molar refractivity (Wildman–Crippen MR) is 108 cm³/mol. The molecule has 1 amide bonds. The first kappa shape index (κ1) is 21.1. The summed E-state index contributed by atoms with van der Waals surface area (Å²) in [5.41, 5.74) is 7.00. The van der Waals surface area contributed by atoms with Crippen molar-refractivity contribution in [3.8, 4) is 11.5 Å². The van der Waals surface area contributed by atoms with Crippen LogP contribution in [-0.4, -0.2) is 24.6 Å². The van der Waals surface area contributed by atoms with Crippen LogP contribution in [0, 0.1) is 0 Å². The summed E-state index contributed by atoms with van der Waals surface area (Å²) in [4.78, 5) is 12.0. The maximum atomic E-state index is 12.0. The fourth-order valence-corrected chi connectivity index (χ4v) is 3.05. The van der Waals surface area contributed by atoms with Gasteiger partial charge >= 0.3 is 0 Å². The lowest BCUT2D eigenvalue weighted by Gasteiger charge is -2.26. The molecule has 1 saturated carbocycles. The Labute approximate surface area is 166 Å². The molecule has 3 N–H and O–H groups in total. The van der Waals surface area contributed by atoms with Gasteiger partial charge in [-0.05, 0) is 55.5 Å². The second-order valence-corrected chi connectivity index (χ2v) is 6.71. The number of rotatable bonds is 7. The van der Waals surface area contributed by atoms with Crippen LogP contribution < -0.4 is 20.5 Å². The number of benzene rings is 2. The van der Waals surface area contributed by atoms with Crippen molar-refractivity contribution in [2.45, 2.75) is 44.4 Å². The van der Waals surface area contributed by atoms with Gasteiger partial charge in [-0.1, -0.05) is 30.3 Å². The molecule has 6 heteroatoms. The minimum Gasteiger partial charge on any atom is -0.489 e. The summed E-state index contributed by atoms with van der Waals surface area (Å²) >= 11 is 0. The van der Waals surface area contributed by atoms with Gasteiger partial charge in [0.2, 0.25) is 0 Å². The van der Waals surface area contributed by atoms with Gasteiger partial charge < -0.3 is 20.5 Å². The highest BCUT2D eigenvalue weighted by molar-refractivity contribution is 5.85. The maximum Gasteiger partial charge on any atom is 0.258 e. The molecule has 0 atom stereocenters. The zero-order valence-corrected chi connectivity index (χ0v) is 16.1. The van der Waals surface area contributed by atoms with Gasteiger partial charge in [0.15, 0.2) is 6.61 Å². The number of hydrogen-bond donors (Lipinski definition) is 2. The van der Waals surface area contributed by atoms with Gasteiger partial charge in [-0.15, -0.1) is 12.4 Å². The summed E-state index contributed by atoms with van der Waals surface area (Å²) in [5.74, 6) is 1.33. The molecule has 0 aliphatic heterocycles. The van der Waals surface area contributed by atoms with E-state index in [-0.39, 0.29) is 37.0 Å². The van der Waals surface area contributed by atoms with Gasteiger partial charge in [-0.2, -0.15) is 0 Å². The number of carbonyl (C=O) groups is 1. The predicted octanol–water partition coefficient (Wildman–Crippen LogP) is 3.45. The van der Waals surface area contributed by atoms with E-state index in [9.17, 15) is 4.79 Å². The zero-order chi connectivity index (χ0) is 18.2. The number of ether oxygens (including phenoxy) is 2. The molecule has 1 fully saturated rings. The second-order valence-electron chi connectivity index (χ2n) is 6.71. The highest BCUT2D eigenvalue weighted by Crippen LogP contribution is 2.19. The lowest BCUT2D eigenvalue weighted by Crippen LogP contribution is -2.42. The van der Waals surface area contributed by atoms with E-state index in [0.717, 1.165) is 37.0 Å². The van der Waals surface area contributed by atoms with Crippen molar-refractivity contribution in [2.24, 2.45) is 5.73 Å². The van der Waals surface area contributed by atoms with E-state index in [1.807, 2.05) is 54.6 Å². The number of hydrogen-bond acceptors (Lipinski definition) is 4. The molecule has 0 saturated heterocycles. The van der Waals surface area contributed by atoms with Crippen LogP contribution >= 0.6 is 12.4 Å². The minimum absolute atomic E-state index is 0. The SMILES string of the molecule is Cl.NC1CCC(NC(=O)COc2ccc(OCc3ccccc3)cc2)CC1. The van der Waals surface area contributed by atoms with Gasteiger partial charge in [0.1, 0.15) is 18.1 Å². The molecule has 1 aliphatic rings. The highest BCUT2D eigenvalue weighted by atomic mass is 35.5. The molecule has 0 heterocycles. The van der Waals surface area contributed by atoms with Crippen LogP contribution in [0.15, 0.2) is 54.6 Å². The first-order valence-electron chi connectivity index (χ1n) is 9.13. The summed E-state index contributed by atoms with van der Waals surface area (Å²) in [7, 11) is 0. The number of nitrogens with two attached hydrogens (primary N) is 1. The molecular formula is C21H27ClN2O3. The van der Waals surface area contributed by atoms with Gasteiger partial charge in [-0.25, -0.2) is 0 Å². The third-order valence-electron chi connectivity index (χ3n) is 4.58. The van der Waals surface area contributed by atoms with Gasteiger partial charge in [0.05, 0.1) is 0 Å². The van der Waals surface area contributed by atoms with Crippen LogP contribution in [0.5, 0.6) is 11.5 Å². The molecular weight excluding hydrogens is 364 g/mol. The van der Waals surface area contributed by atoms with Crippen LogP contribution in [0.4, 0.5) is 0 Å². The smallest absolute Gasteiger partial charge is 0.258 e. The fourth-order valence-electron chi connectivity index (χ4n) is 3.05. The fraction of sp³-hybridized carbons (Fsp3) is 0.381. The van der Waals surface area contributed by atoms with E-state index in [2.05, 4.69) is 5.32 Å². The first-order valence-corrected chi connectivity index (χ1v) is 9.13. The zero-order valence-electron chi connectivity index (χ0n) is 15.3. The van der Waals surface area contributed by atoms with Gasteiger partial charge in [-0.3, -0.25) is 4.79 Å². The molecule has 5 nitrogen and oxygen atoms in total. The maximum absolute atomic E-state index is 12.0. The Morgan fingerprint density at radius 3 is 2.15 bits per heavy atom. The largest absolute Gasteiger partial charge is 0.489 e. The molecule has 0 radical (unpaired) electrons. The van der Waals surface area contributed by atoms with Crippen molar-refractivity contribution in [3.63, 3.8) is 0 Å². The van der Waals surface area contributed by atoms with E-state index in [1.54, 1.807) is 0 Å². The Morgan fingerprint density at radius 1 is 0.926 bits per heavy atom. The third kappa shape index (κ3) is 7.12. The highest BCUT2D eigenvalue weighted by Gasteiger charge is 2.20. The Kier molecular flexibility index (Phi) is 8.43. The van der Waals surface area contributed by atoms with Gasteiger partial charge in [0.25, 0.3) is 5.91 Å². The van der Waals surface area contributed by atoms with Crippen molar-refractivity contribution in [1.29, 1.82) is 0 Å². The van der Waals surface area contributed by atoms with Crippen molar-refractivity contribution in [3.05, 3.63) is 60.2 Å². The minimum atomic E-state index is -0.0881. The van der Waals surface area contributed by atoms with Crippen LogP contribution in [0.25, 0.3) is 0 Å². The quantitative estimate of drug-likeness (QED) is 0.759. The standard InChI is InChI=1S/C21H26N2O3.ClH/c22-17-6-8-18(9-7-17)23-21(24)15-26-20-12-10-19(11-13-20)25-14-16-4-2-1-3-5-16;/h1-5,10-13,17-18H,6-9,14-15,22H2,(H,23,24);1H. The van der Waals surface area contributed by atoms with Crippen LogP contribution in [0.2, 0.25) is 0 Å². The Hall–Kier alpha value is -2.24. The summed E-state index contributed by atoms with van der Waals surface area (Å²) in [6.45, 7) is 0.543. The Balaban J connectivity index is 0.00000261. The summed E-state index contributed by atoms with van der Waals surface area (Å²) in [6, 6.07) is 17.8. The Morgan fingerprint density at radius 2 is 1.52 bits per heavy atom. The lowest BCUT2D eigenvalue weighted by molar-refractivity contribution is -0.124. The second kappa shape index (κ2) is 10.8. The van der Waals surface area contributed by atoms with Crippen LogP contribution in [-0.2, 0) is 11.4 Å². The van der Waals surface area contributed by atoms with E-state index in [1.165, 1.54) is 0 Å². The Bertz CT molecular complexity index is 686. The van der Waals surface area contributed by atoms with E-state index in [0.29, 0.717) is 12.4 Å². The molecule has 0 spiro atoms. The molecule has 2 aromatic carbocycles. The van der Waals surface area contributed by atoms with Crippen molar-refractivity contribution in [2.75, 3.05) is 6.61 Å². The average molecular weight is 391 g/mol. The lowest BCUT2D eigenvalue weighted by atomic mass is 9.92. The van der Waals surface area contributed by atoms with E-state index >= 15 is 0 Å². The normalized spacial score (nSPS) is 18.9. The summed E-state index contributed by atoms with van der Waals surface area (Å²) in [6.07, 6.45) is 3.83. The monoisotopic (exact) mass is 390 g/mol. The van der Waals surface area contributed by atoms with Gasteiger partial charge in [0, 0.05) is 12.1 Å². The molecule has 27 heavy (non-hydrogen) atoms. The van der Waals surface area contributed by atoms with Crippen LogP contribution in [0.1, 0.15) is 31.2 Å². The molecule has 146 valence electrons. The first-order chi connectivity index (χ1) is 12.7. The number of nitrogens with one attached hydrogen (secondary N) is 1. The number of amides is 1. The summed E-state index contributed by atoms with van der Waals surface area (Å²) < 4.78 is 11.3. The number of halogens is 1. The average Bonchev–Trinajstić information content (AvgIpc) is 2.68. The van der Waals surface area contributed by atoms with Crippen molar-refractivity contribution < 1.29 is 14.3 Å².